The van der Waals surface area contributed by atoms with Crippen LogP contribution in [0.5, 0.6) is 17.2 Å². The van der Waals surface area contributed by atoms with E-state index in [9.17, 15) is 19.7 Å². The van der Waals surface area contributed by atoms with Crippen molar-refractivity contribution in [2.24, 2.45) is 4.99 Å². The minimum atomic E-state index is -0.830. The van der Waals surface area contributed by atoms with Crippen molar-refractivity contribution in [1.82, 2.24) is 4.57 Å². The second-order valence-electron chi connectivity index (χ2n) is 10.8. The molecule has 12 heteroatoms. The summed E-state index contributed by atoms with van der Waals surface area (Å²) in [5.41, 5.74) is 3.28. The summed E-state index contributed by atoms with van der Waals surface area (Å²) in [6.07, 6.45) is 1.77. The molecule has 1 N–H and O–H groups in total. The van der Waals surface area contributed by atoms with Gasteiger partial charge in [0.2, 0.25) is 0 Å². The van der Waals surface area contributed by atoms with Gasteiger partial charge in [-0.15, -0.1) is 0 Å². The van der Waals surface area contributed by atoms with Crippen LogP contribution in [0.25, 0.3) is 6.08 Å². The molecule has 0 saturated carbocycles. The van der Waals surface area contributed by atoms with E-state index in [0.29, 0.717) is 49.1 Å². The highest BCUT2D eigenvalue weighted by Gasteiger charge is 2.34. The number of fused-ring (bicyclic) bond motifs is 1. The number of carbonyl (C=O) groups excluding carboxylic acids is 1. The molecule has 4 aromatic carbocycles. The molecule has 1 amide bonds. The van der Waals surface area contributed by atoms with Crippen molar-refractivity contribution in [2.45, 2.75) is 19.6 Å². The monoisotopic (exact) mass is 662 g/mol. The number of thiazole rings is 1. The van der Waals surface area contributed by atoms with Gasteiger partial charge in [-0.3, -0.25) is 24.3 Å². The normalized spacial score (nSPS) is 14.1. The summed E-state index contributed by atoms with van der Waals surface area (Å²) in [4.78, 5) is 43.6. The van der Waals surface area contributed by atoms with E-state index in [-0.39, 0.29) is 23.8 Å². The van der Waals surface area contributed by atoms with E-state index >= 15 is 0 Å². The fraction of sp³-hybridized carbons (Fsp3) is 0.139. The average Bonchev–Trinajstić information content (AvgIpc) is 3.41. The van der Waals surface area contributed by atoms with Gasteiger partial charge in [0.15, 0.2) is 4.80 Å². The summed E-state index contributed by atoms with van der Waals surface area (Å²) in [7, 11) is 3.08. The number of benzene rings is 4. The second kappa shape index (κ2) is 13.8. The molecule has 0 aliphatic carbocycles. The van der Waals surface area contributed by atoms with Gasteiger partial charge in [-0.1, -0.05) is 41.7 Å². The van der Waals surface area contributed by atoms with Gasteiger partial charge >= 0.3 is 0 Å². The van der Waals surface area contributed by atoms with Gasteiger partial charge in [-0.2, -0.15) is 0 Å². The molecule has 48 heavy (non-hydrogen) atoms. The lowest BCUT2D eigenvalue weighted by Gasteiger charge is -2.26. The highest BCUT2D eigenvalue weighted by atomic mass is 32.1. The first kappa shape index (κ1) is 32.0. The number of nitrogens with zero attached hydrogens (tertiary/aromatic N) is 3. The van der Waals surface area contributed by atoms with E-state index in [2.05, 4.69) is 5.32 Å². The van der Waals surface area contributed by atoms with Gasteiger partial charge in [0.25, 0.3) is 17.2 Å². The number of carbonyl (C=O) groups is 1. The Kier molecular flexibility index (Phi) is 9.17. The van der Waals surface area contributed by atoms with Gasteiger partial charge in [-0.25, -0.2) is 4.99 Å². The summed E-state index contributed by atoms with van der Waals surface area (Å²) < 4.78 is 19.0. The van der Waals surface area contributed by atoms with Gasteiger partial charge in [0.05, 0.1) is 34.9 Å². The van der Waals surface area contributed by atoms with Crippen molar-refractivity contribution in [3.8, 4) is 17.2 Å². The van der Waals surface area contributed by atoms with Crippen LogP contribution in [0, 0.1) is 10.1 Å². The molecule has 1 aliphatic heterocycles. The molecule has 0 saturated heterocycles. The number of hydrogen-bond donors (Lipinski definition) is 1. The van der Waals surface area contributed by atoms with Crippen molar-refractivity contribution in [3.63, 3.8) is 0 Å². The standard InChI is InChI=1S/C36H30N4O7S/c1-22-32(34(41)38-25-7-5-4-6-8-25)33(29-18-17-28(45-2)20-30(29)46-3)39-35(42)31(48-36(39)37-22)19-23-11-15-27(16-12-23)47-21-24-9-13-26(14-10-24)40(43)44/h4-20,33H,21H2,1-3H3,(H,38,41)/b31-19-/t33-/m1/s1. The van der Waals surface area contributed by atoms with Crippen molar-refractivity contribution >= 4 is 34.7 Å². The van der Waals surface area contributed by atoms with Crippen LogP contribution in [0.4, 0.5) is 11.4 Å². The number of allylic oxidation sites excluding steroid dienone is 1. The van der Waals surface area contributed by atoms with Gasteiger partial charge in [-0.05, 0) is 72.7 Å². The van der Waals surface area contributed by atoms with E-state index < -0.39 is 11.0 Å². The lowest BCUT2D eigenvalue weighted by Crippen LogP contribution is -2.40. The summed E-state index contributed by atoms with van der Waals surface area (Å²) in [5, 5.41) is 13.8. The fourth-order valence-electron chi connectivity index (χ4n) is 5.36. The van der Waals surface area contributed by atoms with Crippen LogP contribution < -0.4 is 34.4 Å². The van der Waals surface area contributed by atoms with Crippen molar-refractivity contribution in [1.29, 1.82) is 0 Å². The van der Waals surface area contributed by atoms with Crippen molar-refractivity contribution in [3.05, 3.63) is 155 Å². The number of amides is 1. The van der Waals surface area contributed by atoms with Gasteiger partial charge in [0, 0.05) is 29.4 Å². The van der Waals surface area contributed by atoms with E-state index in [0.717, 1.165) is 11.1 Å². The smallest absolute Gasteiger partial charge is 0.271 e. The number of hydrogen-bond acceptors (Lipinski definition) is 9. The van der Waals surface area contributed by atoms with Crippen LogP contribution >= 0.6 is 11.3 Å². The van der Waals surface area contributed by atoms with Crippen molar-refractivity contribution < 1.29 is 23.9 Å². The highest BCUT2D eigenvalue weighted by Crippen LogP contribution is 2.37. The van der Waals surface area contributed by atoms with Crippen LogP contribution in [0.15, 0.2) is 118 Å². The van der Waals surface area contributed by atoms with Crippen LogP contribution in [-0.4, -0.2) is 29.6 Å². The molecule has 1 aromatic heterocycles. The van der Waals surface area contributed by atoms with E-state index in [1.807, 2.05) is 30.3 Å². The number of rotatable bonds is 10. The largest absolute Gasteiger partial charge is 0.497 e. The lowest BCUT2D eigenvalue weighted by atomic mass is 9.94. The number of nitro groups is 1. The molecule has 1 aliphatic rings. The Labute approximate surface area is 278 Å². The first-order valence-electron chi connectivity index (χ1n) is 14.8. The maximum atomic E-state index is 14.1. The molecule has 6 rings (SSSR count). The number of ether oxygens (including phenoxy) is 3. The molecule has 5 aromatic rings. The average molecular weight is 663 g/mol. The number of methoxy groups -OCH3 is 2. The molecule has 0 bridgehead atoms. The summed E-state index contributed by atoms with van der Waals surface area (Å²) >= 11 is 1.23. The molecule has 0 fully saturated rings. The Bertz CT molecular complexity index is 2210. The summed E-state index contributed by atoms with van der Waals surface area (Å²) in [6.45, 7) is 2.00. The second-order valence-corrected chi connectivity index (χ2v) is 11.8. The third kappa shape index (κ3) is 6.60. The minimum Gasteiger partial charge on any atom is -0.497 e. The number of aromatic nitrogens is 1. The molecule has 0 spiro atoms. The molecule has 0 unspecified atom stereocenters. The third-order valence-electron chi connectivity index (χ3n) is 7.76. The van der Waals surface area contributed by atoms with E-state index in [1.165, 1.54) is 35.1 Å². The topological polar surface area (TPSA) is 134 Å². The zero-order valence-corrected chi connectivity index (χ0v) is 27.0. The molecule has 11 nitrogen and oxygen atoms in total. The number of non-ortho nitro benzene ring substituents is 1. The van der Waals surface area contributed by atoms with E-state index in [1.54, 1.807) is 74.7 Å². The molecule has 1 atom stereocenters. The third-order valence-corrected chi connectivity index (χ3v) is 8.75. The molecule has 0 radical (unpaired) electrons. The van der Waals surface area contributed by atoms with Crippen LogP contribution in [0.1, 0.15) is 29.7 Å². The SMILES string of the molecule is COc1ccc([C@@H]2C(C(=O)Nc3ccccc3)=C(C)N=c3s/c(=C\c4ccc(OCc5ccc([N+](=O)[O-])cc5)cc4)c(=O)n32)c(OC)c1. The van der Waals surface area contributed by atoms with Crippen LogP contribution in [0.3, 0.4) is 0 Å². The maximum absolute atomic E-state index is 14.1. The predicted molar refractivity (Wildman–Crippen MR) is 182 cm³/mol. The van der Waals surface area contributed by atoms with Gasteiger partial charge in [0.1, 0.15) is 29.9 Å². The zero-order valence-electron chi connectivity index (χ0n) is 26.2. The van der Waals surface area contributed by atoms with Crippen LogP contribution in [-0.2, 0) is 11.4 Å². The highest BCUT2D eigenvalue weighted by molar-refractivity contribution is 7.07. The predicted octanol–water partition coefficient (Wildman–Crippen LogP) is 5.38. The molecule has 2 heterocycles. The first-order valence-corrected chi connectivity index (χ1v) is 15.6. The van der Waals surface area contributed by atoms with Crippen LogP contribution in [0.2, 0.25) is 0 Å². The number of nitrogens with one attached hydrogen (secondary N) is 1. The Hall–Kier alpha value is -6.01. The Balaban J connectivity index is 1.35. The quantitative estimate of drug-likeness (QED) is 0.157. The number of para-hydroxylation sites is 1. The van der Waals surface area contributed by atoms with Gasteiger partial charge < -0.3 is 19.5 Å². The Morgan fingerprint density at radius 2 is 1.69 bits per heavy atom. The minimum absolute atomic E-state index is 0.0182. The zero-order chi connectivity index (χ0) is 33.8. The molecule has 242 valence electrons. The fourth-order valence-corrected chi connectivity index (χ4v) is 6.41. The molecular formula is C36H30N4O7S. The maximum Gasteiger partial charge on any atom is 0.271 e. The lowest BCUT2D eigenvalue weighted by molar-refractivity contribution is -0.384. The Morgan fingerprint density at radius 1 is 0.979 bits per heavy atom. The summed E-state index contributed by atoms with van der Waals surface area (Å²) in [6, 6.07) is 27.0. The summed E-state index contributed by atoms with van der Waals surface area (Å²) in [5.74, 6) is 1.24. The Morgan fingerprint density at radius 3 is 2.35 bits per heavy atom. The van der Waals surface area contributed by atoms with Crippen molar-refractivity contribution in [2.75, 3.05) is 19.5 Å². The van der Waals surface area contributed by atoms with E-state index in [4.69, 9.17) is 19.2 Å². The number of nitro benzene ring substituents is 1. The first-order chi connectivity index (χ1) is 23.2. The number of anilines is 1. The molecular weight excluding hydrogens is 632 g/mol.